The largest absolute Gasteiger partial charge is 0.348 e. The molecule has 0 fully saturated rings. The average Bonchev–Trinajstić information content (AvgIpc) is 2.79. The van der Waals surface area contributed by atoms with E-state index in [0.717, 1.165) is 18.2 Å². The fourth-order valence-corrected chi connectivity index (χ4v) is 3.77. The predicted molar refractivity (Wildman–Crippen MR) is 119 cm³/mol. The number of fused-ring (bicyclic) bond motifs is 1. The molecule has 0 spiro atoms. The summed E-state index contributed by atoms with van der Waals surface area (Å²) in [4.78, 5) is 45.8. The Balaban J connectivity index is 1.78. The van der Waals surface area contributed by atoms with Crippen molar-refractivity contribution in [2.75, 3.05) is 0 Å². The van der Waals surface area contributed by atoms with Crippen molar-refractivity contribution in [1.29, 1.82) is 0 Å². The van der Waals surface area contributed by atoms with Crippen LogP contribution in [0, 0.1) is 17.5 Å². The highest BCUT2D eigenvalue weighted by atomic mass is 19.1. The summed E-state index contributed by atoms with van der Waals surface area (Å²) in [5.74, 6) is -3.07. The van der Waals surface area contributed by atoms with Gasteiger partial charge in [-0.1, -0.05) is 12.1 Å². The van der Waals surface area contributed by atoms with Crippen LogP contribution < -0.4 is 16.6 Å². The van der Waals surface area contributed by atoms with E-state index in [1.165, 1.54) is 31.5 Å². The van der Waals surface area contributed by atoms with E-state index < -0.39 is 46.7 Å². The highest BCUT2D eigenvalue weighted by Gasteiger charge is 2.27. The molecule has 2 heterocycles. The summed E-state index contributed by atoms with van der Waals surface area (Å²) < 4.78 is 42.0. The van der Waals surface area contributed by atoms with Crippen LogP contribution in [0.5, 0.6) is 0 Å². The van der Waals surface area contributed by atoms with Gasteiger partial charge in [-0.25, -0.2) is 22.5 Å². The monoisotopic (exact) mass is 468 g/mol. The van der Waals surface area contributed by atoms with Gasteiger partial charge in [0.25, 0.3) is 5.56 Å². The molecule has 2 atom stereocenters. The number of pyridine rings is 1. The van der Waals surface area contributed by atoms with Gasteiger partial charge in [0.05, 0.1) is 16.9 Å². The van der Waals surface area contributed by atoms with Crippen LogP contribution in [0.15, 0.2) is 70.5 Å². The third-order valence-electron chi connectivity index (χ3n) is 5.45. The minimum atomic E-state index is -1.36. The summed E-state index contributed by atoms with van der Waals surface area (Å²) in [7, 11) is 0. The molecule has 0 aliphatic carbocycles. The lowest BCUT2D eigenvalue weighted by Crippen LogP contribution is -2.46. The Hall–Kier alpha value is -4.21. The summed E-state index contributed by atoms with van der Waals surface area (Å²) >= 11 is 0. The zero-order valence-electron chi connectivity index (χ0n) is 17.9. The van der Waals surface area contributed by atoms with Crippen molar-refractivity contribution in [1.82, 2.24) is 19.9 Å². The molecule has 10 heteroatoms. The van der Waals surface area contributed by atoms with Gasteiger partial charge in [-0.3, -0.25) is 14.6 Å². The van der Waals surface area contributed by atoms with E-state index in [2.05, 4.69) is 15.3 Å². The third-order valence-corrected chi connectivity index (χ3v) is 5.45. The van der Waals surface area contributed by atoms with Crippen LogP contribution in [-0.2, 0) is 11.2 Å². The molecule has 4 aromatic rings. The highest BCUT2D eigenvalue weighted by molar-refractivity contribution is 5.82. The summed E-state index contributed by atoms with van der Waals surface area (Å²) in [6.45, 7) is 1.48. The van der Waals surface area contributed by atoms with Crippen molar-refractivity contribution < 1.29 is 18.0 Å². The molecule has 0 unspecified atom stereocenters. The van der Waals surface area contributed by atoms with Gasteiger partial charge >= 0.3 is 5.69 Å². The lowest BCUT2D eigenvalue weighted by molar-refractivity contribution is -0.125. The lowest BCUT2D eigenvalue weighted by Gasteiger charge is -2.22. The van der Waals surface area contributed by atoms with Crippen molar-refractivity contribution in [3.8, 4) is 0 Å². The highest BCUT2D eigenvalue weighted by Crippen LogP contribution is 2.20. The van der Waals surface area contributed by atoms with Gasteiger partial charge in [0.15, 0.2) is 0 Å². The molecule has 174 valence electrons. The van der Waals surface area contributed by atoms with Gasteiger partial charge in [-0.2, -0.15) is 0 Å². The number of aromatic amines is 1. The maximum Gasteiger partial charge on any atom is 0.329 e. The van der Waals surface area contributed by atoms with Crippen LogP contribution in [0.2, 0.25) is 0 Å². The van der Waals surface area contributed by atoms with E-state index in [9.17, 15) is 27.6 Å². The van der Waals surface area contributed by atoms with Crippen LogP contribution in [0.3, 0.4) is 0 Å². The Bertz CT molecular complexity index is 1480. The molecule has 0 saturated carbocycles. The Kier molecular flexibility index (Phi) is 6.31. The maximum absolute atomic E-state index is 14.2. The van der Waals surface area contributed by atoms with Gasteiger partial charge in [0, 0.05) is 30.4 Å². The van der Waals surface area contributed by atoms with E-state index in [0.29, 0.717) is 16.2 Å². The number of nitrogens with zero attached hydrogens (tertiary/aromatic N) is 2. The molecule has 0 aliphatic heterocycles. The third kappa shape index (κ3) is 4.61. The normalized spacial score (nSPS) is 12.9. The van der Waals surface area contributed by atoms with Crippen LogP contribution in [0.4, 0.5) is 13.2 Å². The van der Waals surface area contributed by atoms with Gasteiger partial charge in [0.2, 0.25) is 5.91 Å². The molecular formula is C24H19F3N4O3. The van der Waals surface area contributed by atoms with Crippen LogP contribution in [-0.4, -0.2) is 20.4 Å². The van der Waals surface area contributed by atoms with E-state index in [-0.39, 0.29) is 22.9 Å². The zero-order chi connectivity index (χ0) is 24.4. The second-order valence-corrected chi connectivity index (χ2v) is 7.77. The molecule has 2 aromatic heterocycles. The number of halogens is 3. The number of carbonyl (C=O) groups is 1. The molecule has 1 amide bonds. The van der Waals surface area contributed by atoms with Crippen molar-refractivity contribution >= 4 is 16.8 Å². The first-order chi connectivity index (χ1) is 16.2. The van der Waals surface area contributed by atoms with Crippen molar-refractivity contribution in [2.24, 2.45) is 0 Å². The van der Waals surface area contributed by atoms with Gasteiger partial charge in [-0.15, -0.1) is 0 Å². The standard InChI is InChI=1S/C24H19F3N4O3/c1-13(17-6-4-16(26)11-19(17)27)29-22(32)21(9-14-3-2-8-28-12-14)31-23(33)18-10-15(25)5-7-20(18)30-24(31)34/h2-8,10-13,21H,9H2,1H3,(H,29,32)(H,30,34)/t13-,21-/m0/s1. The molecule has 4 rings (SSSR count). The summed E-state index contributed by atoms with van der Waals surface area (Å²) in [6, 6.07) is 7.30. The number of amides is 1. The number of hydrogen-bond acceptors (Lipinski definition) is 4. The zero-order valence-corrected chi connectivity index (χ0v) is 17.9. The van der Waals surface area contributed by atoms with Crippen LogP contribution in [0.25, 0.3) is 10.9 Å². The lowest BCUT2D eigenvalue weighted by atomic mass is 10.0. The molecule has 34 heavy (non-hydrogen) atoms. The summed E-state index contributed by atoms with van der Waals surface area (Å²) in [5, 5.41) is 2.47. The molecule has 2 N–H and O–H groups in total. The van der Waals surface area contributed by atoms with Gasteiger partial charge in [-0.05, 0) is 42.8 Å². The molecule has 0 radical (unpaired) electrons. The maximum atomic E-state index is 14.2. The average molecular weight is 468 g/mol. The molecule has 2 aromatic carbocycles. The smallest absolute Gasteiger partial charge is 0.329 e. The number of H-pyrrole nitrogens is 1. The Morgan fingerprint density at radius 1 is 1.09 bits per heavy atom. The SMILES string of the molecule is C[C@H](NC(=O)[C@H](Cc1cccnc1)n1c(=O)[nH]c2ccc(F)cc2c1=O)c1ccc(F)cc1F. The van der Waals surface area contributed by atoms with E-state index in [4.69, 9.17) is 0 Å². The Morgan fingerprint density at radius 3 is 2.53 bits per heavy atom. The van der Waals surface area contributed by atoms with Crippen molar-refractivity contribution in [3.05, 3.63) is 110 Å². The molecule has 0 saturated heterocycles. The van der Waals surface area contributed by atoms with Crippen molar-refractivity contribution in [3.63, 3.8) is 0 Å². The number of hydrogen-bond donors (Lipinski definition) is 2. The van der Waals surface area contributed by atoms with Crippen molar-refractivity contribution in [2.45, 2.75) is 25.4 Å². The van der Waals surface area contributed by atoms with E-state index in [1.54, 1.807) is 12.1 Å². The number of rotatable bonds is 6. The minimum Gasteiger partial charge on any atom is -0.348 e. The number of carbonyl (C=O) groups excluding carboxylic acids is 1. The minimum absolute atomic E-state index is 0.0247. The van der Waals surface area contributed by atoms with Gasteiger partial charge in [0.1, 0.15) is 23.5 Å². The fraction of sp³-hybridized carbons (Fsp3) is 0.167. The predicted octanol–water partition coefficient (Wildman–Crippen LogP) is 3.16. The Labute approximate surface area is 190 Å². The first-order valence-electron chi connectivity index (χ1n) is 10.3. The molecule has 0 bridgehead atoms. The van der Waals surface area contributed by atoms with Crippen LogP contribution in [0.1, 0.15) is 30.1 Å². The number of aromatic nitrogens is 3. The van der Waals surface area contributed by atoms with Gasteiger partial charge < -0.3 is 10.3 Å². The second kappa shape index (κ2) is 9.34. The van der Waals surface area contributed by atoms with Crippen LogP contribution >= 0.6 is 0 Å². The van der Waals surface area contributed by atoms with E-state index >= 15 is 0 Å². The Morgan fingerprint density at radius 2 is 1.82 bits per heavy atom. The summed E-state index contributed by atoms with van der Waals surface area (Å²) in [6.07, 6.45) is 2.90. The fourth-order valence-electron chi connectivity index (χ4n) is 3.77. The molecule has 0 aliphatic rings. The number of benzene rings is 2. The first kappa shape index (κ1) is 23.0. The number of nitrogens with one attached hydrogen (secondary N) is 2. The van der Waals surface area contributed by atoms with E-state index in [1.807, 2.05) is 0 Å². The first-order valence-corrected chi connectivity index (χ1v) is 10.3. The molecular weight excluding hydrogens is 449 g/mol. The topological polar surface area (TPSA) is 96.8 Å². The quantitative estimate of drug-likeness (QED) is 0.454. The summed E-state index contributed by atoms with van der Waals surface area (Å²) in [5.41, 5.74) is -1.03. The second-order valence-electron chi connectivity index (χ2n) is 7.77. The molecule has 7 nitrogen and oxygen atoms in total.